The van der Waals surface area contributed by atoms with Crippen molar-refractivity contribution < 1.29 is 9.90 Å². The molecule has 4 saturated carbocycles. The lowest BCUT2D eigenvalue weighted by Crippen LogP contribution is -2.56. The normalized spacial score (nSPS) is 50.1. The summed E-state index contributed by atoms with van der Waals surface area (Å²) in [6.45, 7) is 8.85. The Kier molecular flexibility index (Phi) is 5.36. The van der Waals surface area contributed by atoms with Crippen molar-refractivity contribution in [3.63, 3.8) is 0 Å². The summed E-state index contributed by atoms with van der Waals surface area (Å²) in [5, 5.41) is 13.6. The summed E-state index contributed by atoms with van der Waals surface area (Å²) in [7, 11) is 0. The highest BCUT2D eigenvalue weighted by Crippen LogP contribution is 2.67. The van der Waals surface area contributed by atoms with Gasteiger partial charge in [-0.05, 0) is 112 Å². The topological polar surface area (TPSA) is 75.4 Å². The lowest BCUT2D eigenvalue weighted by Gasteiger charge is -2.61. The van der Waals surface area contributed by atoms with Gasteiger partial charge in [-0.15, -0.1) is 0 Å². The van der Waals surface area contributed by atoms with Crippen molar-refractivity contribution in [2.24, 2.45) is 46.2 Å². The molecule has 4 aliphatic carbocycles. The minimum Gasteiger partial charge on any atom is -0.393 e. The molecular weight excluding hydrogens is 348 g/mol. The van der Waals surface area contributed by atoms with Crippen LogP contribution in [-0.2, 0) is 4.79 Å². The Morgan fingerprint density at radius 3 is 2.36 bits per heavy atom. The maximum absolute atomic E-state index is 12.1. The van der Waals surface area contributed by atoms with E-state index in [1.807, 2.05) is 6.92 Å². The summed E-state index contributed by atoms with van der Waals surface area (Å²) in [6.07, 6.45) is 11.2. The minimum atomic E-state index is -0.413. The molecule has 0 saturated heterocycles. The fourth-order valence-corrected chi connectivity index (χ4v) is 8.55. The number of nitrogens with two attached hydrogens (primary N) is 1. The van der Waals surface area contributed by atoms with Gasteiger partial charge in [0.2, 0.25) is 5.91 Å². The highest BCUT2D eigenvalue weighted by atomic mass is 16.3. The highest BCUT2D eigenvalue weighted by Gasteiger charge is 2.60. The zero-order chi connectivity index (χ0) is 20.3. The number of carbonyl (C=O) groups excluding carboxylic acids is 1. The molecule has 0 heterocycles. The number of nitrogens with one attached hydrogen (secondary N) is 1. The molecular formula is C24H42N2O2. The zero-order valence-corrected chi connectivity index (χ0v) is 18.4. The minimum absolute atomic E-state index is 0.00541. The number of aliphatic hydroxyl groups is 1. The number of fused-ring (bicyclic) bond motifs is 5. The van der Waals surface area contributed by atoms with E-state index in [0.717, 1.165) is 36.5 Å². The van der Waals surface area contributed by atoms with Crippen LogP contribution in [0.2, 0.25) is 0 Å². The average Bonchev–Trinajstić information content (AvgIpc) is 2.99. The molecule has 0 aromatic carbocycles. The first kappa shape index (κ1) is 20.7. The van der Waals surface area contributed by atoms with Crippen molar-refractivity contribution in [3.8, 4) is 0 Å². The Morgan fingerprint density at radius 2 is 1.68 bits per heavy atom. The first-order chi connectivity index (χ1) is 13.2. The van der Waals surface area contributed by atoms with E-state index in [-0.39, 0.29) is 12.0 Å². The van der Waals surface area contributed by atoms with Crippen molar-refractivity contribution in [2.45, 2.75) is 104 Å². The Bertz CT molecular complexity index is 605. The molecule has 10 atom stereocenters. The molecule has 0 bridgehead atoms. The maximum atomic E-state index is 12.1. The van der Waals surface area contributed by atoms with Gasteiger partial charge in [0.25, 0.3) is 0 Å². The van der Waals surface area contributed by atoms with Crippen molar-refractivity contribution >= 4 is 5.91 Å². The van der Waals surface area contributed by atoms with Crippen molar-refractivity contribution in [3.05, 3.63) is 0 Å². The van der Waals surface area contributed by atoms with Crippen LogP contribution < -0.4 is 11.1 Å². The molecule has 4 fully saturated rings. The standard InChI is InChI=1S/C24H42N2O2/c1-14(25)22(28)26-17-9-11-23(3)16(13-17)5-6-18-20-8-7-19(15(2)27)24(20,4)12-10-21(18)23/h14-21,27H,5-13,25H2,1-4H3,(H,26,28)/t14?,15-,16-,17+,18-,19+,20-,21-,23-,24+/m0/s1. The summed E-state index contributed by atoms with van der Waals surface area (Å²) in [5.41, 5.74) is 6.54. The van der Waals surface area contributed by atoms with Crippen molar-refractivity contribution in [1.82, 2.24) is 5.32 Å². The molecule has 4 nitrogen and oxygen atoms in total. The molecule has 4 N–H and O–H groups in total. The molecule has 4 aliphatic rings. The van der Waals surface area contributed by atoms with Crippen LogP contribution in [0, 0.1) is 40.4 Å². The molecule has 1 unspecified atom stereocenters. The number of hydrogen-bond donors (Lipinski definition) is 3. The lowest BCUT2D eigenvalue weighted by atomic mass is 9.44. The molecule has 0 aromatic heterocycles. The van der Waals surface area contributed by atoms with Gasteiger partial charge >= 0.3 is 0 Å². The molecule has 4 rings (SSSR count). The van der Waals surface area contributed by atoms with E-state index in [9.17, 15) is 9.90 Å². The lowest BCUT2D eigenvalue weighted by molar-refractivity contribution is -0.130. The number of hydrogen-bond acceptors (Lipinski definition) is 3. The quantitative estimate of drug-likeness (QED) is 0.685. The number of carbonyl (C=O) groups is 1. The number of amides is 1. The van der Waals surface area contributed by atoms with Gasteiger partial charge in [-0.25, -0.2) is 0 Å². The predicted octanol–water partition coefficient (Wildman–Crippen LogP) is 3.86. The van der Waals surface area contributed by atoms with Crippen LogP contribution in [0.25, 0.3) is 0 Å². The van der Waals surface area contributed by atoms with Gasteiger partial charge in [-0.3, -0.25) is 4.79 Å². The van der Waals surface area contributed by atoms with Gasteiger partial charge < -0.3 is 16.2 Å². The first-order valence-corrected chi connectivity index (χ1v) is 11.9. The molecule has 0 aromatic rings. The van der Waals surface area contributed by atoms with Crippen LogP contribution in [0.5, 0.6) is 0 Å². The first-order valence-electron chi connectivity index (χ1n) is 11.9. The van der Waals surface area contributed by atoms with E-state index in [1.54, 1.807) is 6.92 Å². The van der Waals surface area contributed by atoms with Crippen LogP contribution in [0.3, 0.4) is 0 Å². The Morgan fingerprint density at radius 1 is 1.00 bits per heavy atom. The van der Waals surface area contributed by atoms with Crippen LogP contribution in [0.15, 0.2) is 0 Å². The molecule has 28 heavy (non-hydrogen) atoms. The van der Waals surface area contributed by atoms with E-state index in [1.165, 1.54) is 44.9 Å². The van der Waals surface area contributed by atoms with Crippen LogP contribution >= 0.6 is 0 Å². The second kappa shape index (κ2) is 7.27. The second-order valence-corrected chi connectivity index (χ2v) is 11.4. The summed E-state index contributed by atoms with van der Waals surface area (Å²) in [4.78, 5) is 12.1. The third-order valence-corrected chi connectivity index (χ3v) is 10.1. The van der Waals surface area contributed by atoms with Gasteiger partial charge in [0, 0.05) is 6.04 Å². The molecule has 1 amide bonds. The van der Waals surface area contributed by atoms with Gasteiger partial charge in [-0.2, -0.15) is 0 Å². The van der Waals surface area contributed by atoms with E-state index < -0.39 is 6.04 Å². The second-order valence-electron chi connectivity index (χ2n) is 11.4. The van der Waals surface area contributed by atoms with E-state index in [2.05, 4.69) is 19.2 Å². The van der Waals surface area contributed by atoms with Crippen LogP contribution in [0.4, 0.5) is 0 Å². The summed E-state index contributed by atoms with van der Waals surface area (Å²) in [5.74, 6) is 3.72. The summed E-state index contributed by atoms with van der Waals surface area (Å²) in [6, 6.07) is -0.0997. The molecule has 0 aliphatic heterocycles. The third-order valence-electron chi connectivity index (χ3n) is 10.1. The van der Waals surface area contributed by atoms with E-state index in [0.29, 0.717) is 22.8 Å². The summed E-state index contributed by atoms with van der Waals surface area (Å²) < 4.78 is 0. The van der Waals surface area contributed by atoms with E-state index in [4.69, 9.17) is 5.73 Å². The Balaban J connectivity index is 1.48. The zero-order valence-electron chi connectivity index (χ0n) is 18.4. The fraction of sp³-hybridized carbons (Fsp3) is 0.958. The third kappa shape index (κ3) is 3.14. The monoisotopic (exact) mass is 390 g/mol. The maximum Gasteiger partial charge on any atom is 0.236 e. The highest BCUT2D eigenvalue weighted by molar-refractivity contribution is 5.81. The molecule has 160 valence electrons. The van der Waals surface area contributed by atoms with E-state index >= 15 is 0 Å². The smallest absolute Gasteiger partial charge is 0.236 e. The van der Waals surface area contributed by atoms with Gasteiger partial charge in [0.05, 0.1) is 12.1 Å². The van der Waals surface area contributed by atoms with Gasteiger partial charge in [0.15, 0.2) is 0 Å². The van der Waals surface area contributed by atoms with Crippen molar-refractivity contribution in [2.75, 3.05) is 0 Å². The Hall–Kier alpha value is -0.610. The molecule has 0 radical (unpaired) electrons. The van der Waals surface area contributed by atoms with Crippen LogP contribution in [0.1, 0.15) is 85.5 Å². The van der Waals surface area contributed by atoms with Gasteiger partial charge in [-0.1, -0.05) is 13.8 Å². The average molecular weight is 391 g/mol. The fourth-order valence-electron chi connectivity index (χ4n) is 8.55. The molecule has 4 heteroatoms. The van der Waals surface area contributed by atoms with Crippen LogP contribution in [-0.4, -0.2) is 29.2 Å². The number of rotatable bonds is 3. The largest absolute Gasteiger partial charge is 0.393 e. The Labute approximate surface area is 171 Å². The van der Waals surface area contributed by atoms with Gasteiger partial charge in [0.1, 0.15) is 0 Å². The molecule has 0 spiro atoms. The number of aliphatic hydroxyl groups excluding tert-OH is 1. The predicted molar refractivity (Wildman–Crippen MR) is 112 cm³/mol. The SMILES string of the molecule is CC(N)C(=O)N[C@@H]1CC[C@@]2(C)[C@@H](CC[C@@H]3[C@@H]2CC[C@]2(C)[C@@H]([C@H](C)O)CC[C@@H]32)C1. The van der Waals surface area contributed by atoms with Crippen molar-refractivity contribution in [1.29, 1.82) is 0 Å². The summed E-state index contributed by atoms with van der Waals surface area (Å²) >= 11 is 0.